The van der Waals surface area contributed by atoms with Crippen LogP contribution < -0.4 is 15.8 Å². The molecule has 8 nitrogen and oxygen atoms in total. The first kappa shape index (κ1) is 19.1. The topological polar surface area (TPSA) is 108 Å². The van der Waals surface area contributed by atoms with Gasteiger partial charge in [-0.05, 0) is 44.2 Å². The number of amidine groups is 1. The van der Waals surface area contributed by atoms with Crippen molar-refractivity contribution in [3.63, 3.8) is 0 Å². The second-order valence-electron chi connectivity index (χ2n) is 8.32. The summed E-state index contributed by atoms with van der Waals surface area (Å²) < 4.78 is 17.6. The lowest BCUT2D eigenvalue weighted by Crippen LogP contribution is -2.71. The van der Waals surface area contributed by atoms with Gasteiger partial charge in [0.25, 0.3) is 11.9 Å². The number of nitrogens with zero attached hydrogens (tertiary/aromatic N) is 2. The van der Waals surface area contributed by atoms with E-state index >= 15 is 0 Å². The highest BCUT2D eigenvalue weighted by Gasteiger charge is 2.71. The van der Waals surface area contributed by atoms with Crippen LogP contribution >= 0.6 is 11.6 Å². The summed E-state index contributed by atoms with van der Waals surface area (Å²) in [5.41, 5.74) is 6.04. The Morgan fingerprint density at radius 3 is 2.60 bits per heavy atom. The number of aliphatic imine (C=N–C) groups is 1. The fourth-order valence-corrected chi connectivity index (χ4v) is 4.68. The number of anilines is 1. The Hall–Kier alpha value is -2.84. The van der Waals surface area contributed by atoms with Crippen molar-refractivity contribution in [1.82, 2.24) is 4.98 Å². The van der Waals surface area contributed by atoms with Gasteiger partial charge < -0.3 is 25.3 Å². The monoisotopic (exact) mass is 428 g/mol. The van der Waals surface area contributed by atoms with Gasteiger partial charge in [-0.15, -0.1) is 0 Å². The maximum absolute atomic E-state index is 12.6. The van der Waals surface area contributed by atoms with E-state index in [1.165, 1.54) is 6.20 Å². The van der Waals surface area contributed by atoms with Crippen molar-refractivity contribution in [1.29, 1.82) is 0 Å². The predicted molar refractivity (Wildman–Crippen MR) is 111 cm³/mol. The third-order valence-electron chi connectivity index (χ3n) is 6.41. The van der Waals surface area contributed by atoms with Crippen LogP contribution in [-0.4, -0.2) is 42.3 Å². The second kappa shape index (κ2) is 6.33. The van der Waals surface area contributed by atoms with Gasteiger partial charge in [-0.3, -0.25) is 4.79 Å². The van der Waals surface area contributed by atoms with Gasteiger partial charge in [0.2, 0.25) is 0 Å². The van der Waals surface area contributed by atoms with Crippen molar-refractivity contribution >= 4 is 29.2 Å². The second-order valence-corrected chi connectivity index (χ2v) is 8.71. The maximum atomic E-state index is 12.6. The minimum Gasteiger partial charge on any atom is -0.487 e. The largest absolute Gasteiger partial charge is 0.487 e. The van der Waals surface area contributed by atoms with Gasteiger partial charge in [-0.25, -0.2) is 9.98 Å². The number of aromatic nitrogens is 1. The molecular formula is C21H21ClN4O4. The molecule has 1 aromatic carbocycles. The van der Waals surface area contributed by atoms with Crippen molar-refractivity contribution in [2.75, 3.05) is 25.1 Å². The van der Waals surface area contributed by atoms with Crippen LogP contribution in [0.4, 0.5) is 5.69 Å². The average molecular weight is 429 g/mol. The minimum absolute atomic E-state index is 0.145. The Kier molecular flexibility index (Phi) is 4.04. The number of hydrogen-bond donors (Lipinski definition) is 2. The third kappa shape index (κ3) is 2.53. The summed E-state index contributed by atoms with van der Waals surface area (Å²) in [5.74, 6) is 0.392. The molecule has 1 atom stereocenters. The Balaban J connectivity index is 1.56. The van der Waals surface area contributed by atoms with Gasteiger partial charge in [-0.2, -0.15) is 0 Å². The zero-order valence-electron chi connectivity index (χ0n) is 16.6. The van der Waals surface area contributed by atoms with Gasteiger partial charge in [0.1, 0.15) is 28.6 Å². The number of hydrogen-bond acceptors (Lipinski definition) is 7. The van der Waals surface area contributed by atoms with Crippen molar-refractivity contribution in [2.45, 2.75) is 25.0 Å². The first-order valence-corrected chi connectivity index (χ1v) is 9.97. The lowest BCUT2D eigenvalue weighted by molar-refractivity contribution is -0.247. The highest BCUT2D eigenvalue weighted by molar-refractivity contribution is 6.29. The van der Waals surface area contributed by atoms with Crippen LogP contribution in [0.5, 0.6) is 5.75 Å². The van der Waals surface area contributed by atoms with Crippen LogP contribution in [0.1, 0.15) is 29.8 Å². The van der Waals surface area contributed by atoms with E-state index in [9.17, 15) is 4.79 Å². The van der Waals surface area contributed by atoms with E-state index < -0.39 is 16.6 Å². The zero-order valence-corrected chi connectivity index (χ0v) is 17.3. The molecule has 3 N–H and O–H groups in total. The number of amides is 1. The number of rotatable bonds is 2. The first-order valence-electron chi connectivity index (χ1n) is 9.59. The quantitative estimate of drug-likeness (QED) is 0.712. The van der Waals surface area contributed by atoms with E-state index in [0.717, 1.165) is 5.56 Å². The molecule has 2 spiro atoms. The summed E-state index contributed by atoms with van der Waals surface area (Å²) in [4.78, 5) is 21.3. The van der Waals surface area contributed by atoms with Gasteiger partial charge in [0.15, 0.2) is 0 Å². The molecule has 3 aliphatic rings. The van der Waals surface area contributed by atoms with Crippen LogP contribution in [0.3, 0.4) is 0 Å². The van der Waals surface area contributed by atoms with E-state index in [1.807, 2.05) is 26.0 Å². The van der Waals surface area contributed by atoms with Crippen molar-refractivity contribution in [3.8, 4) is 5.75 Å². The molecule has 1 amide bonds. The van der Waals surface area contributed by atoms with Crippen LogP contribution in [0, 0.1) is 5.41 Å². The number of halogens is 1. The molecule has 4 heterocycles. The summed E-state index contributed by atoms with van der Waals surface area (Å²) in [6.07, 6.45) is 1.43. The molecule has 1 unspecified atom stereocenters. The highest BCUT2D eigenvalue weighted by Crippen LogP contribution is 2.62. The minimum atomic E-state index is -0.755. The SMILES string of the molecule is CC1(C)Oc2ccc(NC(=O)c3ccc(Cl)nc3)cc2C2(COC(N)=N2)C12COC2. The fourth-order valence-electron chi connectivity index (χ4n) is 4.57. The molecule has 1 aromatic heterocycles. The number of benzene rings is 1. The standard InChI is InChI=1S/C21H21ClN4O4/c1-19(2)20(9-28-10-20)21(11-29-18(23)26-21)14-7-13(4-5-15(14)30-19)25-17(27)12-3-6-16(22)24-8-12/h3-8H,9-11H2,1-2H3,(H2,23,26)(H,25,27). The van der Waals surface area contributed by atoms with E-state index in [1.54, 1.807) is 18.2 Å². The first-order chi connectivity index (χ1) is 14.3. The third-order valence-corrected chi connectivity index (χ3v) is 6.63. The van der Waals surface area contributed by atoms with E-state index in [2.05, 4.69) is 10.3 Å². The molecule has 9 heteroatoms. The number of carbonyl (C=O) groups excluding carboxylic acids is 1. The molecule has 1 saturated heterocycles. The molecule has 30 heavy (non-hydrogen) atoms. The van der Waals surface area contributed by atoms with Crippen LogP contribution in [0.15, 0.2) is 41.5 Å². The molecule has 2 aromatic rings. The van der Waals surface area contributed by atoms with Gasteiger partial charge in [0.05, 0.1) is 24.2 Å². The zero-order chi connectivity index (χ0) is 21.1. The summed E-state index contributed by atoms with van der Waals surface area (Å²) >= 11 is 5.80. The lowest BCUT2D eigenvalue weighted by atomic mass is 9.55. The summed E-state index contributed by atoms with van der Waals surface area (Å²) in [6, 6.07) is 8.84. The van der Waals surface area contributed by atoms with Gasteiger partial charge in [-0.1, -0.05) is 11.6 Å². The molecule has 156 valence electrons. The summed E-state index contributed by atoms with van der Waals surface area (Å²) in [7, 11) is 0. The highest BCUT2D eigenvalue weighted by atomic mass is 35.5. The average Bonchev–Trinajstić information content (AvgIpc) is 3.03. The van der Waals surface area contributed by atoms with Crippen LogP contribution in [-0.2, 0) is 15.0 Å². The van der Waals surface area contributed by atoms with Crippen molar-refractivity contribution < 1.29 is 19.0 Å². The lowest BCUT2D eigenvalue weighted by Gasteiger charge is -2.61. The van der Waals surface area contributed by atoms with Crippen molar-refractivity contribution in [3.05, 3.63) is 52.8 Å². The molecule has 5 rings (SSSR count). The molecule has 0 bridgehead atoms. The number of nitrogens with one attached hydrogen (secondary N) is 1. The molecular weight excluding hydrogens is 408 g/mol. The Morgan fingerprint density at radius 1 is 1.20 bits per heavy atom. The number of fused-ring (bicyclic) bond motifs is 3. The predicted octanol–water partition coefficient (Wildman–Crippen LogP) is 2.72. The van der Waals surface area contributed by atoms with Crippen LogP contribution in [0.2, 0.25) is 5.15 Å². The Morgan fingerprint density at radius 2 is 2.00 bits per heavy atom. The molecule has 0 aliphatic carbocycles. The van der Waals surface area contributed by atoms with Gasteiger partial charge >= 0.3 is 0 Å². The number of pyridine rings is 1. The molecule has 1 fully saturated rings. The number of carbonyl (C=O) groups is 1. The van der Waals surface area contributed by atoms with Gasteiger partial charge in [0, 0.05) is 17.4 Å². The van der Waals surface area contributed by atoms with E-state index in [4.69, 9.17) is 36.5 Å². The summed E-state index contributed by atoms with van der Waals surface area (Å²) in [6.45, 7) is 5.32. The Labute approximate surface area is 178 Å². The van der Waals surface area contributed by atoms with Crippen LogP contribution in [0.25, 0.3) is 0 Å². The normalized spacial score (nSPS) is 25.0. The molecule has 3 aliphatic heterocycles. The maximum Gasteiger partial charge on any atom is 0.283 e. The number of nitrogens with two attached hydrogens (primary N) is 1. The molecule has 0 radical (unpaired) electrons. The van der Waals surface area contributed by atoms with Crippen molar-refractivity contribution in [2.24, 2.45) is 16.1 Å². The molecule has 0 saturated carbocycles. The number of ether oxygens (including phenoxy) is 3. The summed E-state index contributed by atoms with van der Waals surface area (Å²) in [5, 5.41) is 3.23. The van der Waals surface area contributed by atoms with E-state index in [-0.39, 0.29) is 11.9 Å². The smallest absolute Gasteiger partial charge is 0.283 e. The Bertz CT molecular complexity index is 1070. The van der Waals surface area contributed by atoms with E-state index in [0.29, 0.717) is 42.0 Å². The fraction of sp³-hybridized carbons (Fsp3) is 0.381.